The lowest BCUT2D eigenvalue weighted by atomic mass is 10.0. The SMILES string of the molecule is C[C@H](C#N)Cc1ccccc1. The van der Waals surface area contributed by atoms with Crippen molar-refractivity contribution in [3.8, 4) is 6.07 Å². The average Bonchev–Trinajstić information content (AvgIpc) is 2.06. The smallest absolute Gasteiger partial charge is 0.0656 e. The highest BCUT2D eigenvalue weighted by Crippen LogP contribution is 2.06. The van der Waals surface area contributed by atoms with Crippen LogP contribution in [0.15, 0.2) is 30.3 Å². The molecule has 0 bridgehead atoms. The first-order valence-electron chi connectivity index (χ1n) is 3.76. The van der Waals surface area contributed by atoms with E-state index in [0.29, 0.717) is 0 Å². The Balaban J connectivity index is 2.60. The van der Waals surface area contributed by atoms with Gasteiger partial charge in [0.25, 0.3) is 0 Å². The van der Waals surface area contributed by atoms with Crippen LogP contribution in [0.25, 0.3) is 0 Å². The fourth-order valence-electron chi connectivity index (χ4n) is 1.01. The summed E-state index contributed by atoms with van der Waals surface area (Å²) in [6, 6.07) is 12.3. The van der Waals surface area contributed by atoms with Crippen LogP contribution in [0.3, 0.4) is 0 Å². The summed E-state index contributed by atoms with van der Waals surface area (Å²) < 4.78 is 0. The summed E-state index contributed by atoms with van der Waals surface area (Å²) in [4.78, 5) is 0. The van der Waals surface area contributed by atoms with E-state index >= 15 is 0 Å². The van der Waals surface area contributed by atoms with Gasteiger partial charge in [-0.25, -0.2) is 0 Å². The molecule has 11 heavy (non-hydrogen) atoms. The minimum atomic E-state index is 0.123. The molecule has 56 valence electrons. The third kappa shape index (κ3) is 2.43. The fraction of sp³-hybridized carbons (Fsp3) is 0.300. The fourth-order valence-corrected chi connectivity index (χ4v) is 1.01. The molecule has 0 N–H and O–H groups in total. The highest BCUT2D eigenvalue weighted by Gasteiger charge is 1.99. The Morgan fingerprint density at radius 3 is 2.55 bits per heavy atom. The minimum absolute atomic E-state index is 0.123. The van der Waals surface area contributed by atoms with Crippen LogP contribution < -0.4 is 0 Å². The zero-order valence-electron chi connectivity index (χ0n) is 6.62. The summed E-state index contributed by atoms with van der Waals surface area (Å²) in [7, 11) is 0. The summed E-state index contributed by atoms with van der Waals surface area (Å²) in [5.41, 5.74) is 1.24. The van der Waals surface area contributed by atoms with Crippen LogP contribution in [0.5, 0.6) is 0 Å². The lowest BCUT2D eigenvalue weighted by Gasteiger charge is -2.00. The Kier molecular flexibility index (Phi) is 2.68. The second-order valence-electron chi connectivity index (χ2n) is 2.72. The first-order valence-corrected chi connectivity index (χ1v) is 3.76. The molecule has 0 saturated heterocycles. The van der Waals surface area contributed by atoms with Gasteiger partial charge in [0.15, 0.2) is 0 Å². The number of benzene rings is 1. The van der Waals surface area contributed by atoms with Crippen molar-refractivity contribution in [1.82, 2.24) is 0 Å². The van der Waals surface area contributed by atoms with E-state index in [1.54, 1.807) is 0 Å². The summed E-state index contributed by atoms with van der Waals surface area (Å²) in [6.07, 6.45) is 0.858. The maximum atomic E-state index is 8.55. The van der Waals surface area contributed by atoms with Gasteiger partial charge in [-0.05, 0) is 18.9 Å². The number of nitriles is 1. The van der Waals surface area contributed by atoms with Crippen LogP contribution in [-0.2, 0) is 6.42 Å². The van der Waals surface area contributed by atoms with Gasteiger partial charge in [0.05, 0.1) is 6.07 Å². The van der Waals surface area contributed by atoms with Gasteiger partial charge in [0.2, 0.25) is 0 Å². The second-order valence-corrected chi connectivity index (χ2v) is 2.72. The van der Waals surface area contributed by atoms with E-state index in [4.69, 9.17) is 5.26 Å². The zero-order valence-corrected chi connectivity index (χ0v) is 6.62. The number of rotatable bonds is 2. The molecule has 0 aromatic heterocycles. The van der Waals surface area contributed by atoms with Crippen LogP contribution >= 0.6 is 0 Å². The first kappa shape index (κ1) is 7.81. The van der Waals surface area contributed by atoms with Gasteiger partial charge in [0.1, 0.15) is 0 Å². The maximum absolute atomic E-state index is 8.55. The summed E-state index contributed by atoms with van der Waals surface area (Å²) in [5.74, 6) is 0.123. The summed E-state index contributed by atoms with van der Waals surface area (Å²) in [5, 5.41) is 8.55. The molecule has 1 aromatic carbocycles. The molecule has 0 spiro atoms. The maximum Gasteiger partial charge on any atom is 0.0656 e. The van der Waals surface area contributed by atoms with Crippen LogP contribution in [0.4, 0.5) is 0 Å². The van der Waals surface area contributed by atoms with Crippen molar-refractivity contribution in [2.45, 2.75) is 13.3 Å². The normalized spacial score (nSPS) is 12.0. The van der Waals surface area contributed by atoms with Crippen molar-refractivity contribution >= 4 is 0 Å². The lowest BCUT2D eigenvalue weighted by Crippen LogP contribution is -1.94. The van der Waals surface area contributed by atoms with Crippen LogP contribution in [0.1, 0.15) is 12.5 Å². The van der Waals surface area contributed by atoms with E-state index in [1.165, 1.54) is 5.56 Å². The second kappa shape index (κ2) is 3.78. The molecule has 0 fully saturated rings. The molecule has 0 heterocycles. The molecule has 0 saturated carbocycles. The number of hydrogen-bond acceptors (Lipinski definition) is 1. The van der Waals surface area contributed by atoms with E-state index in [1.807, 2.05) is 37.3 Å². The van der Waals surface area contributed by atoms with Crippen molar-refractivity contribution in [1.29, 1.82) is 5.26 Å². The highest BCUT2D eigenvalue weighted by molar-refractivity contribution is 5.16. The standard InChI is InChI=1S/C10H11N/c1-9(8-11)7-10-5-3-2-4-6-10/h2-6,9H,7H2,1H3/t9-/m0/s1. The van der Waals surface area contributed by atoms with Crippen molar-refractivity contribution in [2.24, 2.45) is 5.92 Å². The quantitative estimate of drug-likeness (QED) is 0.626. The Hall–Kier alpha value is -1.29. The minimum Gasteiger partial charge on any atom is -0.198 e. The summed E-state index contributed by atoms with van der Waals surface area (Å²) >= 11 is 0. The van der Waals surface area contributed by atoms with Gasteiger partial charge in [-0.2, -0.15) is 5.26 Å². The highest BCUT2D eigenvalue weighted by atomic mass is 14.3. The zero-order chi connectivity index (χ0) is 8.10. The molecule has 0 amide bonds. The molecular weight excluding hydrogens is 134 g/mol. The molecule has 0 aliphatic heterocycles. The Bertz CT molecular complexity index is 245. The average molecular weight is 145 g/mol. The molecule has 0 radical (unpaired) electrons. The van der Waals surface area contributed by atoms with Gasteiger partial charge < -0.3 is 0 Å². The van der Waals surface area contributed by atoms with Gasteiger partial charge >= 0.3 is 0 Å². The van der Waals surface area contributed by atoms with Gasteiger partial charge in [-0.3, -0.25) is 0 Å². The van der Waals surface area contributed by atoms with Gasteiger partial charge in [-0.1, -0.05) is 30.3 Å². The van der Waals surface area contributed by atoms with Gasteiger partial charge in [-0.15, -0.1) is 0 Å². The van der Waals surface area contributed by atoms with Crippen molar-refractivity contribution in [2.75, 3.05) is 0 Å². The topological polar surface area (TPSA) is 23.8 Å². The number of nitrogens with zero attached hydrogens (tertiary/aromatic N) is 1. The lowest BCUT2D eigenvalue weighted by molar-refractivity contribution is 0.739. The van der Waals surface area contributed by atoms with E-state index in [0.717, 1.165) is 6.42 Å². The van der Waals surface area contributed by atoms with Crippen LogP contribution in [0, 0.1) is 17.2 Å². The van der Waals surface area contributed by atoms with Crippen molar-refractivity contribution in [3.05, 3.63) is 35.9 Å². The largest absolute Gasteiger partial charge is 0.198 e. The molecule has 1 rings (SSSR count). The van der Waals surface area contributed by atoms with Crippen molar-refractivity contribution in [3.63, 3.8) is 0 Å². The summed E-state index contributed by atoms with van der Waals surface area (Å²) in [6.45, 7) is 1.94. The van der Waals surface area contributed by atoms with E-state index in [-0.39, 0.29) is 5.92 Å². The predicted octanol–water partition coefficient (Wildman–Crippen LogP) is 2.39. The van der Waals surface area contributed by atoms with E-state index in [9.17, 15) is 0 Å². The van der Waals surface area contributed by atoms with Crippen molar-refractivity contribution < 1.29 is 0 Å². The Labute approximate surface area is 67.3 Å². The first-order chi connectivity index (χ1) is 5.33. The van der Waals surface area contributed by atoms with Crippen LogP contribution in [0.2, 0.25) is 0 Å². The Morgan fingerprint density at radius 2 is 2.00 bits per heavy atom. The molecular formula is C10H11N. The Morgan fingerprint density at radius 1 is 1.36 bits per heavy atom. The van der Waals surface area contributed by atoms with E-state index in [2.05, 4.69) is 6.07 Å². The molecule has 0 unspecified atom stereocenters. The van der Waals surface area contributed by atoms with Gasteiger partial charge in [0, 0.05) is 5.92 Å². The molecule has 1 atom stereocenters. The molecule has 0 aliphatic carbocycles. The molecule has 1 nitrogen and oxygen atoms in total. The number of hydrogen-bond donors (Lipinski definition) is 0. The monoisotopic (exact) mass is 145 g/mol. The third-order valence-electron chi connectivity index (χ3n) is 1.61. The third-order valence-corrected chi connectivity index (χ3v) is 1.61. The molecule has 1 aromatic rings. The van der Waals surface area contributed by atoms with E-state index < -0.39 is 0 Å². The predicted molar refractivity (Wildman–Crippen MR) is 44.9 cm³/mol. The molecule has 1 heteroatoms. The van der Waals surface area contributed by atoms with Crippen LogP contribution in [-0.4, -0.2) is 0 Å². The molecule has 0 aliphatic rings.